The molecule has 72 valence electrons. The topological polar surface area (TPSA) is 12.9 Å². The van der Waals surface area contributed by atoms with Crippen LogP contribution in [0.15, 0.2) is 34.9 Å². The first-order valence-electron chi connectivity index (χ1n) is 4.85. The average Bonchev–Trinajstić information content (AvgIpc) is 2.23. The molecule has 2 rings (SSSR count). The van der Waals surface area contributed by atoms with E-state index in [1.165, 1.54) is 16.5 Å². The molecule has 0 spiro atoms. The number of fused-ring (bicyclic) bond motifs is 1. The third-order valence-corrected chi connectivity index (χ3v) is 2.95. The smallest absolute Gasteiger partial charge is 0.0482 e. The molecule has 0 saturated carbocycles. The highest BCUT2D eigenvalue weighted by atomic mass is 79.9. The molecule has 14 heavy (non-hydrogen) atoms. The highest BCUT2D eigenvalue weighted by Gasteiger charge is 2.03. The second kappa shape index (κ2) is 4.09. The Morgan fingerprint density at radius 2 is 1.93 bits per heavy atom. The van der Waals surface area contributed by atoms with Crippen molar-refractivity contribution in [1.29, 1.82) is 0 Å². The third kappa shape index (κ3) is 1.67. The van der Waals surface area contributed by atoms with Crippen molar-refractivity contribution in [2.75, 3.05) is 0 Å². The summed E-state index contributed by atoms with van der Waals surface area (Å²) in [6.45, 7) is 2.18. The van der Waals surface area contributed by atoms with Crippen molar-refractivity contribution in [3.8, 4) is 0 Å². The average molecular weight is 250 g/mol. The molecule has 0 aliphatic heterocycles. The molecule has 2 heteroatoms. The molecule has 1 aromatic carbocycles. The highest BCUT2D eigenvalue weighted by Crippen LogP contribution is 2.25. The minimum Gasteiger partial charge on any atom is -0.259 e. The van der Waals surface area contributed by atoms with Gasteiger partial charge in [0.2, 0.25) is 0 Å². The minimum atomic E-state index is 1.05. The number of aromatic nitrogens is 1. The van der Waals surface area contributed by atoms with Gasteiger partial charge in [0.05, 0.1) is 0 Å². The van der Waals surface area contributed by atoms with Crippen LogP contribution in [-0.4, -0.2) is 4.98 Å². The van der Waals surface area contributed by atoms with Crippen molar-refractivity contribution in [2.24, 2.45) is 0 Å². The Hall–Kier alpha value is -0.890. The second-order valence-corrected chi connectivity index (χ2v) is 4.20. The van der Waals surface area contributed by atoms with E-state index in [0.717, 1.165) is 17.3 Å². The normalized spacial score (nSPS) is 10.7. The molecule has 0 amide bonds. The van der Waals surface area contributed by atoms with Gasteiger partial charge in [0.15, 0.2) is 0 Å². The SMILES string of the molecule is CCCc1ncc(Br)c2ccccc12. The van der Waals surface area contributed by atoms with Crippen LogP contribution in [-0.2, 0) is 6.42 Å². The summed E-state index contributed by atoms with van der Waals surface area (Å²) in [4.78, 5) is 4.45. The van der Waals surface area contributed by atoms with Gasteiger partial charge >= 0.3 is 0 Å². The molecule has 0 aliphatic carbocycles. The number of hydrogen-bond acceptors (Lipinski definition) is 1. The number of hydrogen-bond donors (Lipinski definition) is 0. The van der Waals surface area contributed by atoms with Crippen molar-refractivity contribution >= 4 is 26.7 Å². The molecule has 0 N–H and O–H groups in total. The quantitative estimate of drug-likeness (QED) is 0.786. The Morgan fingerprint density at radius 1 is 1.21 bits per heavy atom. The van der Waals surface area contributed by atoms with E-state index in [0.29, 0.717) is 0 Å². The third-order valence-electron chi connectivity index (χ3n) is 2.32. The largest absolute Gasteiger partial charge is 0.259 e. The van der Waals surface area contributed by atoms with Crippen LogP contribution in [0.25, 0.3) is 10.8 Å². The summed E-state index contributed by atoms with van der Waals surface area (Å²) in [7, 11) is 0. The van der Waals surface area contributed by atoms with Crippen molar-refractivity contribution in [3.05, 3.63) is 40.6 Å². The summed E-state index contributed by atoms with van der Waals surface area (Å²) in [5.74, 6) is 0. The lowest BCUT2D eigenvalue weighted by Crippen LogP contribution is -1.91. The fraction of sp³-hybridized carbons (Fsp3) is 0.250. The van der Waals surface area contributed by atoms with Gasteiger partial charge in [-0.3, -0.25) is 4.98 Å². The van der Waals surface area contributed by atoms with Gasteiger partial charge in [0.25, 0.3) is 0 Å². The van der Waals surface area contributed by atoms with Crippen molar-refractivity contribution in [3.63, 3.8) is 0 Å². The minimum absolute atomic E-state index is 1.05. The van der Waals surface area contributed by atoms with Crippen LogP contribution >= 0.6 is 15.9 Å². The molecule has 1 heterocycles. The van der Waals surface area contributed by atoms with E-state index in [2.05, 4.69) is 52.1 Å². The molecule has 1 aromatic heterocycles. The van der Waals surface area contributed by atoms with Crippen LogP contribution in [0.4, 0.5) is 0 Å². The Labute approximate surface area is 92.3 Å². The summed E-state index contributed by atoms with van der Waals surface area (Å²) in [6, 6.07) is 8.39. The summed E-state index contributed by atoms with van der Waals surface area (Å²) < 4.78 is 1.08. The fourth-order valence-electron chi connectivity index (χ4n) is 1.65. The first kappa shape index (κ1) is 9.66. The summed E-state index contributed by atoms with van der Waals surface area (Å²) in [6.07, 6.45) is 4.08. The molecule has 0 atom stereocenters. The molecule has 0 aliphatic rings. The van der Waals surface area contributed by atoms with Gasteiger partial charge in [-0.15, -0.1) is 0 Å². The molecular weight excluding hydrogens is 238 g/mol. The molecule has 1 nitrogen and oxygen atoms in total. The van der Waals surface area contributed by atoms with E-state index in [1.807, 2.05) is 6.20 Å². The number of halogens is 1. The maximum atomic E-state index is 4.45. The highest BCUT2D eigenvalue weighted by molar-refractivity contribution is 9.10. The Balaban J connectivity index is 2.68. The summed E-state index contributed by atoms with van der Waals surface area (Å²) in [5.41, 5.74) is 1.20. The second-order valence-electron chi connectivity index (χ2n) is 3.35. The zero-order valence-electron chi connectivity index (χ0n) is 8.13. The number of rotatable bonds is 2. The zero-order chi connectivity index (χ0) is 9.97. The Bertz CT molecular complexity index is 451. The lowest BCUT2D eigenvalue weighted by Gasteiger charge is -2.05. The van der Waals surface area contributed by atoms with E-state index in [-0.39, 0.29) is 0 Å². The summed E-state index contributed by atoms with van der Waals surface area (Å²) in [5, 5.41) is 2.52. The predicted molar refractivity (Wildman–Crippen MR) is 63.4 cm³/mol. The maximum Gasteiger partial charge on any atom is 0.0482 e. The number of benzene rings is 1. The van der Waals surface area contributed by atoms with Crippen LogP contribution in [0.2, 0.25) is 0 Å². The van der Waals surface area contributed by atoms with Gasteiger partial charge < -0.3 is 0 Å². The van der Waals surface area contributed by atoms with E-state index in [4.69, 9.17) is 0 Å². The molecule has 0 bridgehead atoms. The van der Waals surface area contributed by atoms with Gasteiger partial charge in [0, 0.05) is 21.7 Å². The lowest BCUT2D eigenvalue weighted by molar-refractivity contribution is 0.892. The predicted octanol–water partition coefficient (Wildman–Crippen LogP) is 3.95. The van der Waals surface area contributed by atoms with Crippen LogP contribution in [0.3, 0.4) is 0 Å². The Morgan fingerprint density at radius 3 is 2.64 bits per heavy atom. The van der Waals surface area contributed by atoms with Crippen LogP contribution in [0.5, 0.6) is 0 Å². The van der Waals surface area contributed by atoms with Gasteiger partial charge in [-0.05, 0) is 27.7 Å². The number of pyridine rings is 1. The van der Waals surface area contributed by atoms with Gasteiger partial charge in [0.1, 0.15) is 0 Å². The van der Waals surface area contributed by atoms with Crippen molar-refractivity contribution in [1.82, 2.24) is 4.98 Å². The number of nitrogens with zero attached hydrogens (tertiary/aromatic N) is 1. The fourth-order valence-corrected chi connectivity index (χ4v) is 2.10. The van der Waals surface area contributed by atoms with Crippen molar-refractivity contribution < 1.29 is 0 Å². The van der Waals surface area contributed by atoms with Crippen molar-refractivity contribution in [2.45, 2.75) is 19.8 Å². The van der Waals surface area contributed by atoms with Crippen LogP contribution in [0, 0.1) is 0 Å². The molecule has 2 aromatic rings. The lowest BCUT2D eigenvalue weighted by atomic mass is 10.1. The monoisotopic (exact) mass is 249 g/mol. The molecule has 0 unspecified atom stereocenters. The number of aryl methyl sites for hydroxylation is 1. The van der Waals surface area contributed by atoms with E-state index in [9.17, 15) is 0 Å². The molecule has 0 fully saturated rings. The van der Waals surface area contributed by atoms with E-state index >= 15 is 0 Å². The van der Waals surface area contributed by atoms with Crippen LogP contribution < -0.4 is 0 Å². The molecular formula is C12H12BrN. The standard InChI is InChI=1S/C12H12BrN/c1-2-5-12-10-7-4-3-6-9(10)11(13)8-14-12/h3-4,6-8H,2,5H2,1H3. The molecule has 0 saturated heterocycles. The van der Waals surface area contributed by atoms with Gasteiger partial charge in [-0.2, -0.15) is 0 Å². The Kier molecular flexibility index (Phi) is 2.82. The zero-order valence-corrected chi connectivity index (χ0v) is 9.71. The summed E-state index contributed by atoms with van der Waals surface area (Å²) >= 11 is 3.52. The van der Waals surface area contributed by atoms with Crippen LogP contribution in [0.1, 0.15) is 19.0 Å². The first-order valence-corrected chi connectivity index (χ1v) is 5.64. The first-order chi connectivity index (χ1) is 6.83. The van der Waals surface area contributed by atoms with E-state index in [1.54, 1.807) is 0 Å². The molecule has 0 radical (unpaired) electrons. The van der Waals surface area contributed by atoms with Gasteiger partial charge in [-0.25, -0.2) is 0 Å². The van der Waals surface area contributed by atoms with E-state index < -0.39 is 0 Å². The maximum absolute atomic E-state index is 4.45. The van der Waals surface area contributed by atoms with Gasteiger partial charge in [-0.1, -0.05) is 37.6 Å².